The Balaban J connectivity index is 1.67. The van der Waals surface area contributed by atoms with Gasteiger partial charge >= 0.3 is 5.69 Å². The van der Waals surface area contributed by atoms with E-state index in [1.54, 1.807) is 32.2 Å². The van der Waals surface area contributed by atoms with Crippen LogP contribution >= 0.6 is 0 Å². The molecule has 0 aliphatic rings. The summed E-state index contributed by atoms with van der Waals surface area (Å²) in [4.78, 5) is 51.6. The van der Waals surface area contributed by atoms with E-state index in [0.29, 0.717) is 17.1 Å². The molecule has 0 radical (unpaired) electrons. The minimum absolute atomic E-state index is 0.0234. The minimum atomic E-state index is -0.839. The number of nitrogens with zero attached hydrogens (tertiary/aromatic N) is 2. The molecule has 1 atom stereocenters. The van der Waals surface area contributed by atoms with E-state index in [1.807, 2.05) is 6.07 Å². The normalized spacial score (nSPS) is 11.9. The molecule has 0 spiro atoms. The minimum Gasteiger partial charge on any atom is -0.496 e. The lowest BCUT2D eigenvalue weighted by Gasteiger charge is -2.15. The Morgan fingerprint density at radius 1 is 1.17 bits per heavy atom. The van der Waals surface area contributed by atoms with Crippen LogP contribution in [0.1, 0.15) is 23.1 Å². The van der Waals surface area contributed by atoms with Gasteiger partial charge in [0, 0.05) is 36.8 Å². The van der Waals surface area contributed by atoms with Crippen LogP contribution in [-0.4, -0.2) is 39.1 Å². The molecule has 2 aromatic heterocycles. The van der Waals surface area contributed by atoms with Gasteiger partial charge in [0.15, 0.2) is 0 Å². The van der Waals surface area contributed by atoms with Gasteiger partial charge in [0.05, 0.1) is 13.7 Å². The van der Waals surface area contributed by atoms with Gasteiger partial charge in [0.1, 0.15) is 17.5 Å². The quantitative estimate of drug-likeness (QED) is 0.525. The molecule has 3 aromatic rings. The maximum atomic E-state index is 12.5. The molecule has 10 nitrogen and oxygen atoms in total. The number of nitrogens with one attached hydrogen (secondary N) is 3. The van der Waals surface area contributed by atoms with Crippen molar-refractivity contribution in [1.82, 2.24) is 24.8 Å². The maximum absolute atomic E-state index is 12.5. The zero-order chi connectivity index (χ0) is 22.0. The van der Waals surface area contributed by atoms with Crippen LogP contribution in [0.5, 0.6) is 5.75 Å². The number of fused-ring (bicyclic) bond motifs is 1. The first-order chi connectivity index (χ1) is 14.2. The van der Waals surface area contributed by atoms with Gasteiger partial charge in [0.2, 0.25) is 5.91 Å². The fraction of sp³-hybridized carbons (Fsp3) is 0.300. The molecule has 30 heavy (non-hydrogen) atoms. The van der Waals surface area contributed by atoms with E-state index in [4.69, 9.17) is 4.74 Å². The molecule has 2 amide bonds. The molecule has 2 heterocycles. The fourth-order valence-corrected chi connectivity index (χ4v) is 3.05. The number of carbonyl (C=O) groups excluding carboxylic acids is 2. The van der Waals surface area contributed by atoms with Gasteiger partial charge in [-0.05, 0) is 25.1 Å². The zero-order valence-corrected chi connectivity index (χ0v) is 17.1. The summed E-state index contributed by atoms with van der Waals surface area (Å²) in [6, 6.07) is 7.51. The van der Waals surface area contributed by atoms with E-state index in [2.05, 4.69) is 15.6 Å². The predicted octanol–water partition coefficient (Wildman–Crippen LogP) is 0.00860. The third kappa shape index (κ3) is 3.97. The number of hydrogen-bond acceptors (Lipinski definition) is 5. The molecule has 0 aliphatic carbocycles. The molecule has 0 fully saturated rings. The van der Waals surface area contributed by atoms with Crippen molar-refractivity contribution >= 4 is 22.7 Å². The topological polar surface area (TPSA) is 127 Å². The number of benzene rings is 1. The van der Waals surface area contributed by atoms with Crippen molar-refractivity contribution in [2.75, 3.05) is 7.11 Å². The number of amides is 2. The second-order valence-electron chi connectivity index (χ2n) is 6.89. The van der Waals surface area contributed by atoms with Crippen LogP contribution in [-0.2, 0) is 25.4 Å². The summed E-state index contributed by atoms with van der Waals surface area (Å²) >= 11 is 0. The average molecular weight is 413 g/mol. The summed E-state index contributed by atoms with van der Waals surface area (Å²) in [6.07, 6.45) is 0. The second kappa shape index (κ2) is 8.27. The van der Waals surface area contributed by atoms with Crippen LogP contribution in [0.15, 0.2) is 39.9 Å². The van der Waals surface area contributed by atoms with Crippen molar-refractivity contribution in [3.05, 3.63) is 62.6 Å². The number of carbonyl (C=O) groups is 2. The number of ether oxygens (including phenoxy) is 1. The number of H-pyrrole nitrogens is 1. The van der Waals surface area contributed by atoms with Crippen molar-refractivity contribution < 1.29 is 14.3 Å². The SMILES string of the molecule is COc1cccc2[nH]c(C(=O)N[C@@H](C)C(=O)NCc3cc(=O)n(C)c(=O)n3C)cc12. The summed E-state index contributed by atoms with van der Waals surface area (Å²) in [5.41, 5.74) is 0.448. The Kier molecular flexibility index (Phi) is 5.77. The first-order valence-electron chi connectivity index (χ1n) is 9.23. The fourth-order valence-electron chi connectivity index (χ4n) is 3.05. The van der Waals surface area contributed by atoms with Crippen LogP contribution in [0.2, 0.25) is 0 Å². The van der Waals surface area contributed by atoms with Crippen molar-refractivity contribution in [3.8, 4) is 5.75 Å². The summed E-state index contributed by atoms with van der Waals surface area (Å²) in [5, 5.41) is 6.00. The lowest BCUT2D eigenvalue weighted by molar-refractivity contribution is -0.122. The van der Waals surface area contributed by atoms with E-state index in [9.17, 15) is 19.2 Å². The molecule has 0 saturated carbocycles. The monoisotopic (exact) mass is 413 g/mol. The van der Waals surface area contributed by atoms with Gasteiger partial charge in [-0.2, -0.15) is 0 Å². The predicted molar refractivity (Wildman–Crippen MR) is 111 cm³/mol. The van der Waals surface area contributed by atoms with Gasteiger partial charge < -0.3 is 20.4 Å². The summed E-state index contributed by atoms with van der Waals surface area (Å²) in [7, 11) is 4.44. The number of aromatic amines is 1. The summed E-state index contributed by atoms with van der Waals surface area (Å²) < 4.78 is 7.54. The largest absolute Gasteiger partial charge is 0.496 e. The maximum Gasteiger partial charge on any atom is 0.330 e. The van der Waals surface area contributed by atoms with E-state index >= 15 is 0 Å². The second-order valence-corrected chi connectivity index (χ2v) is 6.89. The molecule has 158 valence electrons. The first-order valence-corrected chi connectivity index (χ1v) is 9.23. The standard InChI is InChI=1S/C20H23N5O5/c1-11(18(27)21-10-12-8-17(26)25(3)20(29)24(12)2)22-19(28)15-9-13-14(23-15)6-5-7-16(13)30-4/h5-9,11,23H,10H2,1-4H3,(H,21,27)(H,22,28)/t11-/m0/s1. The number of hydrogen-bond donors (Lipinski definition) is 3. The first kappa shape index (κ1) is 20.9. The van der Waals surface area contributed by atoms with E-state index in [-0.39, 0.29) is 6.54 Å². The molecule has 0 saturated heterocycles. The van der Waals surface area contributed by atoms with Gasteiger partial charge in [-0.1, -0.05) is 6.07 Å². The van der Waals surface area contributed by atoms with Gasteiger partial charge in [0.25, 0.3) is 11.5 Å². The van der Waals surface area contributed by atoms with Crippen molar-refractivity contribution in [2.24, 2.45) is 14.1 Å². The van der Waals surface area contributed by atoms with Gasteiger partial charge in [-0.3, -0.25) is 23.5 Å². The van der Waals surface area contributed by atoms with Crippen LogP contribution < -0.4 is 26.6 Å². The van der Waals surface area contributed by atoms with Gasteiger partial charge in [-0.15, -0.1) is 0 Å². The lowest BCUT2D eigenvalue weighted by Crippen LogP contribution is -2.45. The molecule has 3 rings (SSSR count). The zero-order valence-electron chi connectivity index (χ0n) is 17.1. The molecule has 1 aromatic carbocycles. The Bertz CT molecular complexity index is 1240. The molecule has 3 N–H and O–H groups in total. The Morgan fingerprint density at radius 2 is 1.90 bits per heavy atom. The lowest BCUT2D eigenvalue weighted by atomic mass is 10.2. The van der Waals surface area contributed by atoms with Crippen LogP contribution in [0.25, 0.3) is 10.9 Å². The highest BCUT2D eigenvalue weighted by Crippen LogP contribution is 2.25. The molecule has 10 heteroatoms. The van der Waals surface area contributed by atoms with Crippen LogP contribution in [0, 0.1) is 0 Å². The van der Waals surface area contributed by atoms with Crippen LogP contribution in [0.3, 0.4) is 0 Å². The smallest absolute Gasteiger partial charge is 0.330 e. The van der Waals surface area contributed by atoms with E-state index in [1.165, 1.54) is 24.7 Å². The number of aromatic nitrogens is 3. The van der Waals surface area contributed by atoms with E-state index < -0.39 is 29.1 Å². The Morgan fingerprint density at radius 3 is 2.60 bits per heavy atom. The van der Waals surface area contributed by atoms with Crippen molar-refractivity contribution in [1.29, 1.82) is 0 Å². The highest BCUT2D eigenvalue weighted by atomic mass is 16.5. The summed E-state index contributed by atoms with van der Waals surface area (Å²) in [6.45, 7) is 1.52. The Hall–Kier alpha value is -3.82. The number of rotatable bonds is 6. The van der Waals surface area contributed by atoms with Crippen molar-refractivity contribution in [2.45, 2.75) is 19.5 Å². The highest BCUT2D eigenvalue weighted by molar-refractivity contribution is 6.01. The van der Waals surface area contributed by atoms with Crippen LogP contribution in [0.4, 0.5) is 0 Å². The molecular formula is C20H23N5O5. The van der Waals surface area contributed by atoms with E-state index in [0.717, 1.165) is 15.5 Å². The number of methoxy groups -OCH3 is 1. The highest BCUT2D eigenvalue weighted by Gasteiger charge is 2.19. The van der Waals surface area contributed by atoms with Gasteiger partial charge in [-0.25, -0.2) is 4.79 Å². The molecule has 0 aliphatic heterocycles. The third-order valence-corrected chi connectivity index (χ3v) is 4.90. The Labute approximate surface area is 171 Å². The average Bonchev–Trinajstić information content (AvgIpc) is 3.18. The molecule has 0 unspecified atom stereocenters. The molecular weight excluding hydrogens is 390 g/mol. The summed E-state index contributed by atoms with van der Waals surface area (Å²) in [5.74, 6) is -0.268. The van der Waals surface area contributed by atoms with Crippen molar-refractivity contribution in [3.63, 3.8) is 0 Å². The molecule has 0 bridgehead atoms. The third-order valence-electron chi connectivity index (χ3n) is 4.90.